The van der Waals surface area contributed by atoms with Gasteiger partial charge in [-0.25, -0.2) is 0 Å². The summed E-state index contributed by atoms with van der Waals surface area (Å²) in [5.74, 6) is 2.83. The van der Waals surface area contributed by atoms with Crippen molar-refractivity contribution in [3.8, 4) is 0 Å². The largest absolute Gasteiger partial charge is 0.461 e. The van der Waals surface area contributed by atoms with E-state index in [1.807, 2.05) is 12.1 Å². The highest BCUT2D eigenvalue weighted by Gasteiger charge is 2.36. The number of hydrogen-bond donors (Lipinski definition) is 1. The molecule has 1 amide bonds. The summed E-state index contributed by atoms with van der Waals surface area (Å²) in [6.45, 7) is 4.19. The van der Waals surface area contributed by atoms with Gasteiger partial charge in [-0.05, 0) is 37.5 Å². The van der Waals surface area contributed by atoms with Crippen molar-refractivity contribution in [3.05, 3.63) is 29.7 Å². The van der Waals surface area contributed by atoms with E-state index in [9.17, 15) is 9.90 Å². The summed E-state index contributed by atoms with van der Waals surface area (Å²) in [6, 6.07) is 3.87. The fraction of sp³-hybridized carbons (Fsp3) is 0.533. The molecule has 0 saturated heterocycles. The second-order valence-electron chi connectivity index (χ2n) is 5.46. The number of amides is 1. The molecular weight excluding hydrogens is 242 g/mol. The molecule has 0 aliphatic heterocycles. The van der Waals surface area contributed by atoms with Crippen LogP contribution in [0.3, 0.4) is 0 Å². The molecule has 104 valence electrons. The third-order valence-corrected chi connectivity index (χ3v) is 3.43. The Labute approximate surface area is 113 Å². The first-order chi connectivity index (χ1) is 8.97. The normalized spacial score (nSPS) is 23.6. The number of carbonyl (C=O) groups is 1. The van der Waals surface area contributed by atoms with Gasteiger partial charge in [0.05, 0.1) is 6.10 Å². The Morgan fingerprint density at radius 1 is 1.63 bits per heavy atom. The SMILES string of the molecule is CC(O)CN(C)C(=O)C=Cc1ccc(C2CC2C)o1. The first-order valence-corrected chi connectivity index (χ1v) is 6.68. The average molecular weight is 263 g/mol. The number of hydrogen-bond acceptors (Lipinski definition) is 3. The molecule has 2 rings (SSSR count). The van der Waals surface area contributed by atoms with E-state index in [1.54, 1.807) is 20.0 Å². The van der Waals surface area contributed by atoms with E-state index in [2.05, 4.69) is 6.92 Å². The van der Waals surface area contributed by atoms with Crippen molar-refractivity contribution in [3.63, 3.8) is 0 Å². The van der Waals surface area contributed by atoms with Crippen molar-refractivity contribution in [2.75, 3.05) is 13.6 Å². The van der Waals surface area contributed by atoms with E-state index < -0.39 is 6.10 Å². The van der Waals surface area contributed by atoms with Crippen LogP contribution in [0.15, 0.2) is 22.6 Å². The summed E-state index contributed by atoms with van der Waals surface area (Å²) in [4.78, 5) is 13.2. The molecule has 1 aliphatic carbocycles. The number of rotatable bonds is 5. The molecule has 0 bridgehead atoms. The second-order valence-corrected chi connectivity index (χ2v) is 5.46. The van der Waals surface area contributed by atoms with Gasteiger partial charge in [0.15, 0.2) is 0 Å². The van der Waals surface area contributed by atoms with Gasteiger partial charge in [-0.15, -0.1) is 0 Å². The van der Waals surface area contributed by atoms with Crippen molar-refractivity contribution in [2.24, 2.45) is 5.92 Å². The lowest BCUT2D eigenvalue weighted by Crippen LogP contribution is -2.31. The van der Waals surface area contributed by atoms with E-state index in [0.717, 1.165) is 5.76 Å². The van der Waals surface area contributed by atoms with E-state index in [4.69, 9.17) is 4.42 Å². The lowest BCUT2D eigenvalue weighted by atomic mass is 10.3. The molecular formula is C15H21NO3. The van der Waals surface area contributed by atoms with Crippen LogP contribution in [0.5, 0.6) is 0 Å². The molecule has 0 radical (unpaired) electrons. The zero-order valence-corrected chi connectivity index (χ0v) is 11.7. The average Bonchev–Trinajstić information content (AvgIpc) is 2.89. The van der Waals surface area contributed by atoms with Crippen LogP contribution in [0.2, 0.25) is 0 Å². The van der Waals surface area contributed by atoms with Crippen molar-refractivity contribution in [1.29, 1.82) is 0 Å². The first kappa shape index (κ1) is 13.9. The van der Waals surface area contributed by atoms with Crippen LogP contribution in [0, 0.1) is 5.92 Å². The number of furan rings is 1. The maximum atomic E-state index is 11.7. The van der Waals surface area contributed by atoms with E-state index in [-0.39, 0.29) is 5.91 Å². The Bertz CT molecular complexity index is 475. The lowest BCUT2D eigenvalue weighted by molar-refractivity contribution is -0.125. The molecule has 0 aromatic carbocycles. The van der Waals surface area contributed by atoms with Crippen molar-refractivity contribution in [2.45, 2.75) is 32.3 Å². The summed E-state index contributed by atoms with van der Waals surface area (Å²) in [5.41, 5.74) is 0. The van der Waals surface area contributed by atoms with E-state index >= 15 is 0 Å². The highest BCUT2D eigenvalue weighted by Crippen LogP contribution is 2.47. The first-order valence-electron chi connectivity index (χ1n) is 6.68. The smallest absolute Gasteiger partial charge is 0.246 e. The Hall–Kier alpha value is -1.55. The Morgan fingerprint density at radius 2 is 2.32 bits per heavy atom. The summed E-state index contributed by atoms with van der Waals surface area (Å²) in [6.07, 6.45) is 3.82. The molecule has 1 saturated carbocycles. The number of carbonyl (C=O) groups excluding carboxylic acids is 1. The number of aliphatic hydroxyl groups excluding tert-OH is 1. The Kier molecular flexibility index (Phi) is 4.10. The van der Waals surface area contributed by atoms with Gasteiger partial charge in [0, 0.05) is 25.6 Å². The quantitative estimate of drug-likeness (QED) is 0.829. The van der Waals surface area contributed by atoms with Gasteiger partial charge >= 0.3 is 0 Å². The van der Waals surface area contributed by atoms with Gasteiger partial charge in [0.25, 0.3) is 0 Å². The van der Waals surface area contributed by atoms with Crippen LogP contribution in [-0.4, -0.2) is 35.6 Å². The van der Waals surface area contributed by atoms with E-state index in [0.29, 0.717) is 24.1 Å². The van der Waals surface area contributed by atoms with Gasteiger partial charge in [-0.2, -0.15) is 0 Å². The van der Waals surface area contributed by atoms with Gasteiger partial charge in [0.1, 0.15) is 11.5 Å². The molecule has 4 nitrogen and oxygen atoms in total. The van der Waals surface area contributed by atoms with Gasteiger partial charge in [-0.1, -0.05) is 6.92 Å². The minimum absolute atomic E-state index is 0.140. The monoisotopic (exact) mass is 263 g/mol. The fourth-order valence-electron chi connectivity index (χ4n) is 2.14. The zero-order valence-electron chi connectivity index (χ0n) is 11.7. The minimum atomic E-state index is -0.520. The van der Waals surface area contributed by atoms with Crippen LogP contribution < -0.4 is 0 Å². The number of aliphatic hydroxyl groups is 1. The summed E-state index contributed by atoms with van der Waals surface area (Å²) < 4.78 is 5.68. The predicted molar refractivity (Wildman–Crippen MR) is 73.6 cm³/mol. The summed E-state index contributed by atoms with van der Waals surface area (Å²) >= 11 is 0. The lowest BCUT2D eigenvalue weighted by Gasteiger charge is -2.16. The summed E-state index contributed by atoms with van der Waals surface area (Å²) in [5, 5.41) is 9.22. The molecule has 1 heterocycles. The predicted octanol–water partition coefficient (Wildman–Crippen LogP) is 2.26. The maximum Gasteiger partial charge on any atom is 0.246 e. The molecule has 1 aromatic rings. The third kappa shape index (κ3) is 3.70. The van der Waals surface area contributed by atoms with Crippen molar-refractivity contribution >= 4 is 12.0 Å². The molecule has 19 heavy (non-hydrogen) atoms. The highest BCUT2D eigenvalue weighted by molar-refractivity contribution is 5.91. The third-order valence-electron chi connectivity index (χ3n) is 3.43. The minimum Gasteiger partial charge on any atom is -0.461 e. The number of likely N-dealkylation sites (N-methyl/N-ethyl adjacent to an activating group) is 1. The molecule has 3 atom stereocenters. The second kappa shape index (κ2) is 5.61. The maximum absolute atomic E-state index is 11.7. The van der Waals surface area contributed by atoms with Crippen LogP contribution in [-0.2, 0) is 4.79 Å². The molecule has 0 spiro atoms. The fourth-order valence-corrected chi connectivity index (χ4v) is 2.14. The molecule has 4 heteroatoms. The van der Waals surface area contributed by atoms with Crippen molar-refractivity contribution < 1.29 is 14.3 Å². The molecule has 1 aliphatic rings. The van der Waals surface area contributed by atoms with Crippen LogP contribution in [0.4, 0.5) is 0 Å². The van der Waals surface area contributed by atoms with Gasteiger partial charge in [-0.3, -0.25) is 4.79 Å². The molecule has 1 N–H and O–H groups in total. The highest BCUT2D eigenvalue weighted by atomic mass is 16.3. The van der Waals surface area contributed by atoms with Gasteiger partial charge in [0.2, 0.25) is 5.91 Å². The van der Waals surface area contributed by atoms with Crippen LogP contribution in [0.1, 0.15) is 37.7 Å². The topological polar surface area (TPSA) is 53.7 Å². The molecule has 1 aromatic heterocycles. The molecule has 1 fully saturated rings. The van der Waals surface area contributed by atoms with Crippen LogP contribution >= 0.6 is 0 Å². The zero-order chi connectivity index (χ0) is 14.0. The number of nitrogens with zero attached hydrogens (tertiary/aromatic N) is 1. The van der Waals surface area contributed by atoms with E-state index in [1.165, 1.54) is 17.4 Å². The Morgan fingerprint density at radius 3 is 2.89 bits per heavy atom. The van der Waals surface area contributed by atoms with Gasteiger partial charge < -0.3 is 14.4 Å². The van der Waals surface area contributed by atoms with Crippen LogP contribution in [0.25, 0.3) is 6.08 Å². The Balaban J connectivity index is 1.91. The summed E-state index contributed by atoms with van der Waals surface area (Å²) in [7, 11) is 1.67. The van der Waals surface area contributed by atoms with Crippen molar-refractivity contribution in [1.82, 2.24) is 4.90 Å². The standard InChI is InChI=1S/C15H21NO3/c1-10-8-13(10)14-6-4-12(19-14)5-7-15(18)16(3)9-11(2)17/h4-7,10-11,13,17H,8-9H2,1-3H3. The molecule has 3 unspecified atom stereocenters.